The highest BCUT2D eigenvalue weighted by Crippen LogP contribution is 2.40. The van der Waals surface area contributed by atoms with Crippen LogP contribution in [-0.2, 0) is 4.79 Å². The summed E-state index contributed by atoms with van der Waals surface area (Å²) in [4.78, 5) is 14.3. The summed E-state index contributed by atoms with van der Waals surface area (Å²) >= 11 is 0. The zero-order chi connectivity index (χ0) is 13.1. The van der Waals surface area contributed by atoms with E-state index in [1.807, 2.05) is 17.0 Å². The number of rotatable bonds is 4. The molecule has 2 nitrogen and oxygen atoms in total. The van der Waals surface area contributed by atoms with E-state index in [-0.39, 0.29) is 11.8 Å². The third-order valence-electron chi connectivity index (χ3n) is 3.69. The molecule has 0 fully saturated rings. The molecule has 1 aromatic carbocycles. The number of unbranched alkanes of at least 4 members (excludes halogenated alkanes) is 1. The van der Waals surface area contributed by atoms with Gasteiger partial charge in [-0.05, 0) is 24.5 Å². The third-order valence-corrected chi connectivity index (χ3v) is 3.69. The van der Waals surface area contributed by atoms with Gasteiger partial charge in [-0.3, -0.25) is 4.79 Å². The molecule has 0 aliphatic carbocycles. The minimum Gasteiger partial charge on any atom is -0.308 e. The van der Waals surface area contributed by atoms with Crippen LogP contribution in [-0.4, -0.2) is 12.5 Å². The lowest BCUT2D eigenvalue weighted by atomic mass is 9.84. The predicted molar refractivity (Wildman–Crippen MR) is 75.9 cm³/mol. The van der Waals surface area contributed by atoms with Crippen LogP contribution in [0.4, 0.5) is 5.69 Å². The summed E-state index contributed by atoms with van der Waals surface area (Å²) in [5, 5.41) is 0. The van der Waals surface area contributed by atoms with E-state index < -0.39 is 0 Å². The van der Waals surface area contributed by atoms with Gasteiger partial charge in [-0.1, -0.05) is 45.0 Å². The van der Waals surface area contributed by atoms with Crippen LogP contribution in [0.5, 0.6) is 0 Å². The van der Waals surface area contributed by atoms with Crippen molar-refractivity contribution in [1.82, 2.24) is 0 Å². The molecule has 0 radical (unpaired) electrons. The summed E-state index contributed by atoms with van der Waals surface area (Å²) in [5.41, 5.74) is 3.07. The highest BCUT2D eigenvalue weighted by molar-refractivity contribution is 6.09. The molecule has 0 bridgehead atoms. The number of carbonyl (C=O) groups is 1. The van der Waals surface area contributed by atoms with Crippen molar-refractivity contribution in [1.29, 1.82) is 0 Å². The zero-order valence-corrected chi connectivity index (χ0v) is 11.3. The Bertz CT molecular complexity index is 464. The van der Waals surface area contributed by atoms with Crippen LogP contribution >= 0.6 is 0 Å². The monoisotopic (exact) mass is 243 g/mol. The first-order chi connectivity index (χ1) is 8.70. The number of fused-ring (bicyclic) bond motifs is 1. The molecule has 1 amide bonds. The van der Waals surface area contributed by atoms with Crippen LogP contribution in [0.1, 0.15) is 44.6 Å². The molecule has 0 saturated carbocycles. The van der Waals surface area contributed by atoms with Gasteiger partial charge in [0.25, 0.3) is 5.91 Å². The number of hydrogen-bond donors (Lipinski definition) is 0. The lowest BCUT2D eigenvalue weighted by molar-refractivity contribution is -0.115. The Labute approximate surface area is 109 Å². The van der Waals surface area contributed by atoms with E-state index in [1.54, 1.807) is 0 Å². The molecule has 96 valence electrons. The second kappa shape index (κ2) is 5.38. The van der Waals surface area contributed by atoms with Crippen molar-refractivity contribution in [2.75, 3.05) is 11.4 Å². The molecular formula is C16H21NO. The molecule has 2 rings (SSSR count). The predicted octanol–water partition coefficient (Wildman–Crippen LogP) is 3.88. The molecule has 0 aromatic heterocycles. The second-order valence-corrected chi connectivity index (χ2v) is 4.86. The molecule has 0 spiro atoms. The van der Waals surface area contributed by atoms with Gasteiger partial charge in [0, 0.05) is 23.7 Å². The molecule has 0 unspecified atom stereocenters. The number of carbonyl (C=O) groups excluding carboxylic acids is 1. The van der Waals surface area contributed by atoms with Crippen molar-refractivity contribution < 1.29 is 4.79 Å². The second-order valence-electron chi connectivity index (χ2n) is 4.86. The van der Waals surface area contributed by atoms with Gasteiger partial charge in [-0.15, -0.1) is 0 Å². The smallest absolute Gasteiger partial charge is 0.254 e. The largest absolute Gasteiger partial charge is 0.308 e. The van der Waals surface area contributed by atoms with Gasteiger partial charge < -0.3 is 4.90 Å². The number of hydrogen-bond acceptors (Lipinski definition) is 1. The molecule has 1 heterocycles. The number of amides is 1. The van der Waals surface area contributed by atoms with Crippen LogP contribution in [0.2, 0.25) is 0 Å². The van der Waals surface area contributed by atoms with Crippen molar-refractivity contribution in [2.45, 2.75) is 39.0 Å². The fourth-order valence-corrected chi connectivity index (χ4v) is 2.65. The first-order valence-electron chi connectivity index (χ1n) is 6.80. The molecule has 1 aliphatic heterocycles. The summed E-state index contributed by atoms with van der Waals surface area (Å²) in [7, 11) is 0. The van der Waals surface area contributed by atoms with Gasteiger partial charge in [0.15, 0.2) is 0 Å². The molecule has 0 saturated heterocycles. The van der Waals surface area contributed by atoms with E-state index in [0.717, 1.165) is 37.1 Å². The van der Waals surface area contributed by atoms with Gasteiger partial charge in [0.2, 0.25) is 0 Å². The van der Waals surface area contributed by atoms with Crippen molar-refractivity contribution in [2.24, 2.45) is 0 Å². The molecule has 1 aromatic rings. The van der Waals surface area contributed by atoms with Crippen molar-refractivity contribution in [3.63, 3.8) is 0 Å². The Morgan fingerprint density at radius 3 is 2.67 bits per heavy atom. The van der Waals surface area contributed by atoms with Gasteiger partial charge in [0.1, 0.15) is 0 Å². The SMILES string of the molecule is C=C1C(=O)N(CCCC)c2ccccc2[C@@H]1CC. The summed E-state index contributed by atoms with van der Waals surface area (Å²) in [5.74, 6) is 0.292. The molecule has 18 heavy (non-hydrogen) atoms. The van der Waals surface area contributed by atoms with Gasteiger partial charge in [0.05, 0.1) is 0 Å². The van der Waals surface area contributed by atoms with Crippen LogP contribution in [0.15, 0.2) is 36.4 Å². The quantitative estimate of drug-likeness (QED) is 0.735. The normalized spacial score (nSPS) is 19.0. The van der Waals surface area contributed by atoms with Gasteiger partial charge >= 0.3 is 0 Å². The summed E-state index contributed by atoms with van der Waals surface area (Å²) < 4.78 is 0. The number of nitrogens with zero attached hydrogens (tertiary/aromatic N) is 1. The minimum absolute atomic E-state index is 0.106. The topological polar surface area (TPSA) is 20.3 Å². The third kappa shape index (κ3) is 2.07. The molecular weight excluding hydrogens is 222 g/mol. The summed E-state index contributed by atoms with van der Waals surface area (Å²) in [6, 6.07) is 8.23. The van der Waals surface area contributed by atoms with Crippen LogP contribution in [0, 0.1) is 0 Å². The lowest BCUT2D eigenvalue weighted by Gasteiger charge is -2.35. The summed E-state index contributed by atoms with van der Waals surface area (Å²) in [6.07, 6.45) is 3.06. The van der Waals surface area contributed by atoms with E-state index >= 15 is 0 Å². The Hall–Kier alpha value is -1.57. The first-order valence-corrected chi connectivity index (χ1v) is 6.80. The zero-order valence-electron chi connectivity index (χ0n) is 11.3. The first kappa shape index (κ1) is 12.9. The van der Waals surface area contributed by atoms with E-state index in [1.165, 1.54) is 5.56 Å². The van der Waals surface area contributed by atoms with E-state index in [4.69, 9.17) is 0 Å². The minimum atomic E-state index is 0.106. The summed E-state index contributed by atoms with van der Waals surface area (Å²) in [6.45, 7) is 9.06. The molecule has 1 aliphatic rings. The number of para-hydroxylation sites is 1. The maximum atomic E-state index is 12.4. The molecule has 0 N–H and O–H groups in total. The average Bonchev–Trinajstić information content (AvgIpc) is 2.40. The average molecular weight is 243 g/mol. The highest BCUT2D eigenvalue weighted by Gasteiger charge is 2.32. The van der Waals surface area contributed by atoms with Crippen molar-refractivity contribution in [3.8, 4) is 0 Å². The van der Waals surface area contributed by atoms with Crippen LogP contribution in [0.25, 0.3) is 0 Å². The van der Waals surface area contributed by atoms with E-state index in [2.05, 4.69) is 32.6 Å². The van der Waals surface area contributed by atoms with Gasteiger partial charge in [-0.2, -0.15) is 0 Å². The van der Waals surface area contributed by atoms with E-state index in [9.17, 15) is 4.79 Å². The Kier molecular flexibility index (Phi) is 3.85. The lowest BCUT2D eigenvalue weighted by Crippen LogP contribution is -2.38. The molecule has 2 heteroatoms. The maximum absolute atomic E-state index is 12.4. The fraction of sp³-hybridized carbons (Fsp3) is 0.438. The standard InChI is InChI=1S/C16H21NO/c1-4-6-11-17-15-10-8-7-9-14(15)13(5-2)12(3)16(17)18/h7-10,13H,3-6,11H2,1-2H3/t13-/m1/s1. The van der Waals surface area contributed by atoms with E-state index in [0.29, 0.717) is 0 Å². The Balaban J connectivity index is 2.43. The van der Waals surface area contributed by atoms with Crippen molar-refractivity contribution in [3.05, 3.63) is 42.0 Å². The van der Waals surface area contributed by atoms with Gasteiger partial charge in [-0.25, -0.2) is 0 Å². The van der Waals surface area contributed by atoms with Crippen LogP contribution in [0.3, 0.4) is 0 Å². The van der Waals surface area contributed by atoms with Crippen LogP contribution < -0.4 is 4.90 Å². The fourth-order valence-electron chi connectivity index (χ4n) is 2.65. The highest BCUT2D eigenvalue weighted by atomic mass is 16.2. The molecule has 1 atom stereocenters. The maximum Gasteiger partial charge on any atom is 0.254 e. The number of anilines is 1. The number of benzene rings is 1. The Morgan fingerprint density at radius 1 is 1.28 bits per heavy atom. The Morgan fingerprint density at radius 2 is 2.00 bits per heavy atom. The van der Waals surface area contributed by atoms with Crippen molar-refractivity contribution >= 4 is 11.6 Å².